The lowest BCUT2D eigenvalue weighted by Gasteiger charge is -2.18. The molecule has 2 aromatic rings. The molecule has 2 aromatic heterocycles. The number of carboxylic acid groups (broad SMARTS) is 1. The number of aliphatic hydroxyl groups excluding tert-OH is 2. The number of aromatic amines is 2. The van der Waals surface area contributed by atoms with E-state index in [-0.39, 0.29) is 31.3 Å². The molecule has 10 heteroatoms. The van der Waals surface area contributed by atoms with Crippen LogP contribution in [0, 0.1) is 13.8 Å². The third kappa shape index (κ3) is 6.66. The highest BCUT2D eigenvalue weighted by Crippen LogP contribution is 2.39. The fourth-order valence-electron chi connectivity index (χ4n) is 7.06. The predicted octanol–water partition coefficient (Wildman–Crippen LogP) is 5.10. The van der Waals surface area contributed by atoms with E-state index in [1.807, 2.05) is 38.2 Å². The summed E-state index contributed by atoms with van der Waals surface area (Å²) in [6.45, 7) is 10.3. The van der Waals surface area contributed by atoms with E-state index in [1.165, 1.54) is 11.1 Å². The van der Waals surface area contributed by atoms with Gasteiger partial charge in [-0.1, -0.05) is 13.3 Å². The van der Waals surface area contributed by atoms with Gasteiger partial charge in [-0.25, -0.2) is 0 Å². The quantitative estimate of drug-likeness (QED) is 0.170. The van der Waals surface area contributed by atoms with E-state index in [2.05, 4.69) is 30.7 Å². The molecule has 0 saturated heterocycles. The molecular formula is C36H46N4O6. The molecule has 10 nitrogen and oxygen atoms in total. The Morgan fingerprint density at radius 1 is 0.717 bits per heavy atom. The minimum Gasteiger partial charge on any atom is -0.481 e. The summed E-state index contributed by atoms with van der Waals surface area (Å²) in [5.41, 5.74) is 13.2. The van der Waals surface area contributed by atoms with Crippen molar-refractivity contribution in [1.29, 1.82) is 0 Å². The van der Waals surface area contributed by atoms with Gasteiger partial charge in [0.2, 0.25) is 0 Å². The molecule has 0 spiro atoms. The number of hydrogen-bond acceptors (Lipinski definition) is 7. The Balaban J connectivity index is 1.73. The summed E-state index contributed by atoms with van der Waals surface area (Å²) >= 11 is 0. The number of allylic oxidation sites excluding steroid dienone is 4. The average molecular weight is 631 g/mol. The SMILES string of the molecule is CCCC1=C(C)C2N=C1C=Cc1[nH]c(c(C)c1CCC(=O)O)-c1[nH]c(c(CCC(O)O)c1C)/C=C\C1=NC2C(C)=C1CCC(O)O. The maximum atomic E-state index is 11.6. The van der Waals surface area contributed by atoms with Crippen molar-refractivity contribution in [1.82, 2.24) is 9.97 Å². The zero-order chi connectivity index (χ0) is 33.3. The van der Waals surface area contributed by atoms with E-state index in [0.717, 1.165) is 80.4 Å². The molecule has 246 valence electrons. The molecule has 46 heavy (non-hydrogen) atoms. The molecule has 2 unspecified atom stereocenters. The normalized spacial score (nSPS) is 20.0. The van der Waals surface area contributed by atoms with Gasteiger partial charge in [0, 0.05) is 30.7 Å². The number of aromatic nitrogens is 2. The van der Waals surface area contributed by atoms with Crippen LogP contribution in [-0.4, -0.2) is 77.6 Å². The van der Waals surface area contributed by atoms with E-state index in [1.54, 1.807) is 0 Å². The van der Waals surface area contributed by atoms with Crippen molar-refractivity contribution in [3.05, 3.63) is 68.1 Å². The summed E-state index contributed by atoms with van der Waals surface area (Å²) in [5, 5.41) is 48.4. The Labute approximate surface area is 269 Å². The second-order valence-electron chi connectivity index (χ2n) is 12.6. The van der Waals surface area contributed by atoms with Gasteiger partial charge in [0.05, 0.1) is 34.9 Å². The Morgan fingerprint density at radius 3 is 1.63 bits per heavy atom. The highest BCUT2D eigenvalue weighted by Gasteiger charge is 2.36. The van der Waals surface area contributed by atoms with Gasteiger partial charge < -0.3 is 35.5 Å². The number of aliphatic hydroxyl groups is 4. The van der Waals surface area contributed by atoms with Crippen LogP contribution in [0.25, 0.3) is 23.5 Å². The van der Waals surface area contributed by atoms with Crippen LogP contribution >= 0.6 is 0 Å². The van der Waals surface area contributed by atoms with Gasteiger partial charge in [-0.15, -0.1) is 0 Å². The number of fused-ring (bicyclic) bond motifs is 8. The lowest BCUT2D eigenvalue weighted by atomic mass is 9.90. The van der Waals surface area contributed by atoms with Crippen molar-refractivity contribution in [3.63, 3.8) is 0 Å². The topological polar surface area (TPSA) is 175 Å². The summed E-state index contributed by atoms with van der Waals surface area (Å²) in [6.07, 6.45) is 8.52. The molecule has 0 fully saturated rings. The van der Waals surface area contributed by atoms with Crippen LogP contribution in [0.4, 0.5) is 0 Å². The third-order valence-electron chi connectivity index (χ3n) is 9.60. The highest BCUT2D eigenvalue weighted by molar-refractivity contribution is 6.14. The maximum Gasteiger partial charge on any atom is 0.303 e. The fraction of sp³-hybridized carbons (Fsp3) is 0.472. The Hall–Kier alpha value is -3.83. The van der Waals surface area contributed by atoms with Gasteiger partial charge in [-0.3, -0.25) is 14.8 Å². The number of rotatable bonds is 11. The van der Waals surface area contributed by atoms with Crippen molar-refractivity contribution in [3.8, 4) is 11.4 Å². The van der Waals surface area contributed by atoms with Crippen molar-refractivity contribution in [2.45, 2.75) is 111 Å². The van der Waals surface area contributed by atoms with Gasteiger partial charge in [-0.2, -0.15) is 0 Å². The van der Waals surface area contributed by atoms with Crippen LogP contribution in [0.15, 0.2) is 44.4 Å². The zero-order valence-corrected chi connectivity index (χ0v) is 27.3. The van der Waals surface area contributed by atoms with E-state index in [9.17, 15) is 30.3 Å². The molecule has 3 aliphatic rings. The van der Waals surface area contributed by atoms with Crippen molar-refractivity contribution < 1.29 is 30.3 Å². The molecule has 3 aliphatic heterocycles. The molecular weight excluding hydrogens is 584 g/mol. The second-order valence-corrected chi connectivity index (χ2v) is 12.6. The third-order valence-corrected chi connectivity index (χ3v) is 9.60. The Kier molecular flexibility index (Phi) is 10.1. The van der Waals surface area contributed by atoms with Gasteiger partial charge in [0.1, 0.15) is 0 Å². The lowest BCUT2D eigenvalue weighted by Crippen LogP contribution is -2.22. The molecule has 8 bridgehead atoms. The number of H-pyrrole nitrogens is 2. The highest BCUT2D eigenvalue weighted by atomic mass is 16.5. The molecule has 0 amide bonds. The first-order valence-corrected chi connectivity index (χ1v) is 16.2. The van der Waals surface area contributed by atoms with E-state index in [4.69, 9.17) is 9.98 Å². The van der Waals surface area contributed by atoms with E-state index >= 15 is 0 Å². The minimum absolute atomic E-state index is 0.00245. The first-order chi connectivity index (χ1) is 21.9. The first-order valence-electron chi connectivity index (χ1n) is 16.2. The Morgan fingerprint density at radius 2 is 1.17 bits per heavy atom. The van der Waals surface area contributed by atoms with Crippen molar-refractivity contribution in [2.75, 3.05) is 0 Å². The van der Waals surface area contributed by atoms with Gasteiger partial charge in [-0.05, 0) is 122 Å². The predicted molar refractivity (Wildman–Crippen MR) is 181 cm³/mol. The van der Waals surface area contributed by atoms with Crippen molar-refractivity contribution >= 4 is 29.5 Å². The molecule has 0 aromatic carbocycles. The van der Waals surface area contributed by atoms with Gasteiger partial charge in [0.15, 0.2) is 12.6 Å². The number of nitrogens with zero attached hydrogens (tertiary/aromatic N) is 2. The maximum absolute atomic E-state index is 11.6. The molecule has 5 rings (SSSR count). The molecule has 7 N–H and O–H groups in total. The molecule has 0 aliphatic carbocycles. The first kappa shape index (κ1) is 33.5. The molecule has 2 atom stereocenters. The van der Waals surface area contributed by atoms with Crippen LogP contribution in [0.5, 0.6) is 0 Å². The van der Waals surface area contributed by atoms with Crippen LogP contribution in [0.2, 0.25) is 0 Å². The fourth-order valence-corrected chi connectivity index (χ4v) is 7.06. The zero-order valence-electron chi connectivity index (χ0n) is 27.3. The standard InChI is InChI=1S/C36H46N4O6/c1-6-7-22-18(2)33-34-19(3)23(8-15-30(41)42)28(38-34)13-14-29-25(10-17-32(45)46)21(5)36(40-29)35-20(4)24(9-16-31(43)44)27(39-35)12-11-26(22)37-33/h11-14,30,32-34,39-42,45-46H,6-10,15-17H2,1-5H3,(H,43,44)/b12-11?,14-13-. The number of carboxylic acids is 1. The summed E-state index contributed by atoms with van der Waals surface area (Å²) in [4.78, 5) is 29.2. The average Bonchev–Trinajstić information content (AvgIpc) is 3.68. The van der Waals surface area contributed by atoms with Crippen molar-refractivity contribution in [2.24, 2.45) is 9.98 Å². The van der Waals surface area contributed by atoms with Gasteiger partial charge >= 0.3 is 5.97 Å². The number of aliphatic imine (C=N–C) groups is 2. The smallest absolute Gasteiger partial charge is 0.303 e. The largest absolute Gasteiger partial charge is 0.481 e. The second kappa shape index (κ2) is 13.9. The van der Waals surface area contributed by atoms with Crippen LogP contribution < -0.4 is 0 Å². The van der Waals surface area contributed by atoms with E-state index < -0.39 is 18.5 Å². The number of hydrogen-bond donors (Lipinski definition) is 7. The van der Waals surface area contributed by atoms with Gasteiger partial charge in [0.25, 0.3) is 0 Å². The van der Waals surface area contributed by atoms with Crippen LogP contribution in [-0.2, 0) is 17.6 Å². The van der Waals surface area contributed by atoms with E-state index in [0.29, 0.717) is 19.3 Å². The summed E-state index contributed by atoms with van der Waals surface area (Å²) in [5.74, 6) is -0.858. The summed E-state index contributed by atoms with van der Waals surface area (Å²) < 4.78 is 0. The number of aliphatic carboxylic acids is 1. The number of carbonyl (C=O) groups is 1. The summed E-state index contributed by atoms with van der Waals surface area (Å²) in [6, 6.07) is -0.422. The van der Waals surface area contributed by atoms with Crippen LogP contribution in [0.3, 0.4) is 0 Å². The minimum atomic E-state index is -1.45. The molecule has 0 saturated carbocycles. The molecule has 5 heterocycles. The summed E-state index contributed by atoms with van der Waals surface area (Å²) in [7, 11) is 0. The molecule has 0 radical (unpaired) electrons. The Bertz CT molecular complexity index is 1690. The number of nitrogens with one attached hydrogen (secondary N) is 2. The van der Waals surface area contributed by atoms with Crippen LogP contribution in [0.1, 0.15) is 92.9 Å². The monoisotopic (exact) mass is 630 g/mol. The lowest BCUT2D eigenvalue weighted by molar-refractivity contribution is -0.136.